The molecule has 0 radical (unpaired) electrons. The minimum absolute atomic E-state index is 0.914. The van der Waals surface area contributed by atoms with E-state index in [2.05, 4.69) is 40.2 Å². The van der Waals surface area contributed by atoms with Gasteiger partial charge in [0, 0.05) is 0 Å². The van der Waals surface area contributed by atoms with E-state index < -0.39 is 0 Å². The fourth-order valence-corrected chi connectivity index (χ4v) is 2.08. The Morgan fingerprint density at radius 3 is 1.47 bits per heavy atom. The van der Waals surface area contributed by atoms with Crippen LogP contribution >= 0.6 is 0 Å². The molecule has 0 saturated carbocycles. The topological polar surface area (TPSA) is 0 Å². The zero-order valence-corrected chi connectivity index (χ0v) is 10.3. The second kappa shape index (κ2) is 6.41. The minimum atomic E-state index is 0.914. The van der Waals surface area contributed by atoms with Crippen LogP contribution in [0.1, 0.15) is 13.8 Å². The van der Waals surface area contributed by atoms with Crippen molar-refractivity contribution in [1.29, 1.82) is 0 Å². The summed E-state index contributed by atoms with van der Waals surface area (Å²) < 4.78 is 0.914. The predicted octanol–water partition coefficient (Wildman–Crippen LogP) is 3.33. The van der Waals surface area contributed by atoms with Crippen molar-refractivity contribution in [2.45, 2.75) is 13.8 Å². The van der Waals surface area contributed by atoms with Crippen LogP contribution in [0, 0.1) is 0 Å². The van der Waals surface area contributed by atoms with Gasteiger partial charge in [0.25, 0.3) is 0 Å². The highest BCUT2D eigenvalue weighted by molar-refractivity contribution is 4.94. The summed E-state index contributed by atoms with van der Waals surface area (Å²) in [5.74, 6) is 0. The van der Waals surface area contributed by atoms with Crippen LogP contribution in [-0.4, -0.2) is 30.7 Å². The first-order valence-electron chi connectivity index (χ1n) is 5.31. The smallest absolute Gasteiger partial charge is 0.100 e. The summed E-state index contributed by atoms with van der Waals surface area (Å²) in [6.07, 6.45) is 3.94. The quantitative estimate of drug-likeness (QED) is 0.422. The summed E-state index contributed by atoms with van der Waals surface area (Å²) in [6, 6.07) is 0. The number of hydrogen-bond acceptors (Lipinski definition) is 0. The summed E-state index contributed by atoms with van der Waals surface area (Å²) in [5.41, 5.74) is 2.39. The number of rotatable bonds is 8. The molecule has 0 N–H and O–H groups in total. The largest absolute Gasteiger partial charge is 0.310 e. The first-order chi connectivity index (χ1) is 6.95. The lowest BCUT2D eigenvalue weighted by atomic mass is 10.2. The maximum atomic E-state index is 4.00. The van der Waals surface area contributed by atoms with E-state index in [0.29, 0.717) is 0 Å². The van der Waals surface area contributed by atoms with E-state index in [4.69, 9.17) is 0 Å². The average Bonchev–Trinajstić information content (AvgIpc) is 2.01. The van der Waals surface area contributed by atoms with Crippen molar-refractivity contribution in [3.05, 3.63) is 49.6 Å². The minimum Gasteiger partial charge on any atom is -0.310 e. The third-order valence-corrected chi connectivity index (χ3v) is 2.24. The van der Waals surface area contributed by atoms with Gasteiger partial charge in [0.2, 0.25) is 0 Å². The standard InChI is InChI=1S/C14H24N/c1-7-9-15(10-8-2,11-13(3)4)12-14(5)6/h7-8H,1-3,5,9-12H2,4,6H3/q+1. The number of quaternary nitrogens is 1. The Morgan fingerprint density at radius 2 is 1.27 bits per heavy atom. The lowest BCUT2D eigenvalue weighted by Crippen LogP contribution is -2.50. The van der Waals surface area contributed by atoms with Gasteiger partial charge in [-0.3, -0.25) is 0 Å². The number of hydrogen-bond donors (Lipinski definition) is 0. The molecule has 0 amide bonds. The molecule has 1 heteroatoms. The van der Waals surface area contributed by atoms with Crippen molar-refractivity contribution in [1.82, 2.24) is 0 Å². The molecule has 0 aromatic heterocycles. The molecule has 15 heavy (non-hydrogen) atoms. The van der Waals surface area contributed by atoms with Crippen LogP contribution in [0.4, 0.5) is 0 Å². The molecule has 0 aliphatic heterocycles. The van der Waals surface area contributed by atoms with Gasteiger partial charge in [0.05, 0.1) is 13.1 Å². The van der Waals surface area contributed by atoms with Gasteiger partial charge < -0.3 is 4.48 Å². The second-order valence-corrected chi connectivity index (χ2v) is 4.51. The first-order valence-corrected chi connectivity index (χ1v) is 5.31. The SMILES string of the molecule is C=CC[N+](CC=C)(CC(=C)C)CC(=C)C. The normalized spacial score (nSPS) is 10.8. The molecule has 0 aromatic carbocycles. The highest BCUT2D eigenvalue weighted by Crippen LogP contribution is 2.14. The Hall–Kier alpha value is -1.08. The zero-order valence-electron chi connectivity index (χ0n) is 10.3. The average molecular weight is 206 g/mol. The number of nitrogens with zero attached hydrogens (tertiary/aromatic N) is 1. The van der Waals surface area contributed by atoms with E-state index in [1.165, 1.54) is 11.1 Å². The van der Waals surface area contributed by atoms with Gasteiger partial charge in [-0.15, -0.1) is 0 Å². The van der Waals surface area contributed by atoms with Crippen LogP contribution in [-0.2, 0) is 0 Å². The van der Waals surface area contributed by atoms with Gasteiger partial charge in [-0.25, -0.2) is 0 Å². The van der Waals surface area contributed by atoms with Crippen molar-refractivity contribution < 1.29 is 4.48 Å². The van der Waals surface area contributed by atoms with E-state index in [9.17, 15) is 0 Å². The van der Waals surface area contributed by atoms with Gasteiger partial charge >= 0.3 is 0 Å². The van der Waals surface area contributed by atoms with Crippen LogP contribution in [0.2, 0.25) is 0 Å². The van der Waals surface area contributed by atoms with E-state index >= 15 is 0 Å². The van der Waals surface area contributed by atoms with Crippen molar-refractivity contribution in [2.75, 3.05) is 26.2 Å². The molecule has 0 fully saturated rings. The zero-order chi connectivity index (χ0) is 11.9. The lowest BCUT2D eigenvalue weighted by Gasteiger charge is -2.37. The second-order valence-electron chi connectivity index (χ2n) is 4.51. The lowest BCUT2D eigenvalue weighted by molar-refractivity contribution is -0.908. The van der Waals surface area contributed by atoms with E-state index in [1.807, 2.05) is 12.2 Å². The van der Waals surface area contributed by atoms with Crippen molar-refractivity contribution in [2.24, 2.45) is 0 Å². The summed E-state index contributed by atoms with van der Waals surface area (Å²) in [6.45, 7) is 23.6. The molecule has 0 aliphatic rings. The Kier molecular flexibility index (Phi) is 5.95. The molecular formula is C14H24N+. The van der Waals surface area contributed by atoms with Crippen LogP contribution < -0.4 is 0 Å². The third kappa shape index (κ3) is 5.38. The van der Waals surface area contributed by atoms with E-state index in [0.717, 1.165) is 30.7 Å². The van der Waals surface area contributed by atoms with Gasteiger partial charge in [-0.05, 0) is 37.1 Å². The molecule has 0 heterocycles. The third-order valence-electron chi connectivity index (χ3n) is 2.24. The fourth-order valence-electron chi connectivity index (χ4n) is 2.08. The van der Waals surface area contributed by atoms with Gasteiger partial charge in [-0.2, -0.15) is 0 Å². The maximum absolute atomic E-state index is 4.00. The van der Waals surface area contributed by atoms with E-state index in [-0.39, 0.29) is 0 Å². The first kappa shape index (κ1) is 13.9. The molecule has 0 unspecified atom stereocenters. The molecular weight excluding hydrogens is 182 g/mol. The monoisotopic (exact) mass is 206 g/mol. The van der Waals surface area contributed by atoms with Crippen LogP contribution in [0.3, 0.4) is 0 Å². The molecule has 0 spiro atoms. The predicted molar refractivity (Wildman–Crippen MR) is 69.8 cm³/mol. The molecule has 84 valence electrons. The highest BCUT2D eigenvalue weighted by Gasteiger charge is 2.24. The van der Waals surface area contributed by atoms with Gasteiger partial charge in [-0.1, -0.05) is 26.3 Å². The summed E-state index contributed by atoms with van der Waals surface area (Å²) in [4.78, 5) is 0. The van der Waals surface area contributed by atoms with Gasteiger partial charge in [0.15, 0.2) is 0 Å². The molecule has 0 atom stereocenters. The molecule has 0 aliphatic carbocycles. The van der Waals surface area contributed by atoms with Crippen molar-refractivity contribution in [3.63, 3.8) is 0 Å². The maximum Gasteiger partial charge on any atom is 0.100 e. The molecule has 0 saturated heterocycles. The Labute approximate surface area is 94.7 Å². The Bertz CT molecular complexity index is 233. The molecule has 0 aromatic rings. The fraction of sp³-hybridized carbons (Fsp3) is 0.429. The summed E-state index contributed by atoms with van der Waals surface area (Å²) in [5, 5.41) is 0. The van der Waals surface area contributed by atoms with E-state index in [1.54, 1.807) is 0 Å². The Morgan fingerprint density at radius 1 is 0.933 bits per heavy atom. The highest BCUT2D eigenvalue weighted by atomic mass is 15.3. The molecule has 0 bridgehead atoms. The molecule has 1 nitrogen and oxygen atoms in total. The van der Waals surface area contributed by atoms with Crippen LogP contribution in [0.25, 0.3) is 0 Å². The summed E-state index contributed by atoms with van der Waals surface area (Å²) >= 11 is 0. The van der Waals surface area contributed by atoms with Crippen LogP contribution in [0.15, 0.2) is 49.6 Å². The van der Waals surface area contributed by atoms with Crippen molar-refractivity contribution >= 4 is 0 Å². The van der Waals surface area contributed by atoms with Gasteiger partial charge in [0.1, 0.15) is 13.1 Å². The van der Waals surface area contributed by atoms with Crippen LogP contribution in [0.5, 0.6) is 0 Å². The summed E-state index contributed by atoms with van der Waals surface area (Å²) in [7, 11) is 0. The van der Waals surface area contributed by atoms with Crippen molar-refractivity contribution in [3.8, 4) is 0 Å². The Balaban J connectivity index is 4.84. The molecule has 0 rings (SSSR count).